The Morgan fingerprint density at radius 3 is 1.86 bits per heavy atom. The molecule has 22 heavy (non-hydrogen) atoms. The third-order valence-corrected chi connectivity index (χ3v) is 3.65. The second-order valence-electron chi connectivity index (χ2n) is 5.05. The van der Waals surface area contributed by atoms with Gasteiger partial charge < -0.3 is 19.9 Å². The third-order valence-electron chi connectivity index (χ3n) is 3.65. The average Bonchev–Trinajstić information content (AvgIpc) is 2.60. The highest BCUT2D eigenvalue weighted by Gasteiger charge is 2.23. The predicted octanol–water partition coefficient (Wildman–Crippen LogP) is 2.67. The van der Waals surface area contributed by atoms with E-state index >= 15 is 0 Å². The zero-order chi connectivity index (χ0) is 15.8. The van der Waals surface area contributed by atoms with Crippen molar-refractivity contribution in [2.45, 2.75) is 18.4 Å². The van der Waals surface area contributed by atoms with E-state index in [0.717, 1.165) is 11.1 Å². The molecule has 2 aromatic carbocycles. The number of hydrogen-bond donors (Lipinski definition) is 2. The minimum atomic E-state index is -0.655. The van der Waals surface area contributed by atoms with Gasteiger partial charge in [0, 0.05) is 20.8 Å². The quantitative estimate of drug-likeness (QED) is 0.736. The van der Waals surface area contributed by atoms with Crippen molar-refractivity contribution < 1.29 is 14.6 Å². The van der Waals surface area contributed by atoms with Crippen LogP contribution in [0.1, 0.15) is 23.3 Å². The van der Waals surface area contributed by atoms with Gasteiger partial charge in [-0.3, -0.25) is 0 Å². The molecule has 0 aliphatic heterocycles. The molecule has 2 N–H and O–H groups in total. The number of ether oxygens (including phenoxy) is 2. The molecule has 0 bridgehead atoms. The largest absolute Gasteiger partial charge is 0.386 e. The summed E-state index contributed by atoms with van der Waals surface area (Å²) >= 11 is 0. The summed E-state index contributed by atoms with van der Waals surface area (Å²) in [5, 5.41) is 14.1. The molecule has 2 rings (SSSR count). The van der Waals surface area contributed by atoms with Crippen LogP contribution in [0.15, 0.2) is 60.7 Å². The summed E-state index contributed by atoms with van der Waals surface area (Å²) in [6.07, 6.45) is -1.01. The lowest BCUT2D eigenvalue weighted by molar-refractivity contribution is -0.101. The van der Waals surface area contributed by atoms with Gasteiger partial charge in [0.2, 0.25) is 0 Å². The fourth-order valence-electron chi connectivity index (χ4n) is 2.40. The Hall–Kier alpha value is -1.72. The molecule has 0 spiro atoms. The molecule has 0 amide bonds. The van der Waals surface area contributed by atoms with Crippen LogP contribution in [0.2, 0.25) is 0 Å². The number of methoxy groups -OCH3 is 2. The summed E-state index contributed by atoms with van der Waals surface area (Å²) in [4.78, 5) is 0. The first-order valence-electron chi connectivity index (χ1n) is 7.33. The van der Waals surface area contributed by atoms with Gasteiger partial charge in [-0.2, -0.15) is 0 Å². The molecule has 4 heteroatoms. The highest BCUT2D eigenvalue weighted by molar-refractivity contribution is 5.26. The topological polar surface area (TPSA) is 50.7 Å². The smallest absolute Gasteiger partial charge is 0.169 e. The van der Waals surface area contributed by atoms with E-state index in [-0.39, 0.29) is 12.3 Å². The molecule has 0 fully saturated rings. The molecule has 2 aromatic rings. The van der Waals surface area contributed by atoms with Crippen molar-refractivity contribution >= 4 is 0 Å². The Bertz CT molecular complexity index is 529. The van der Waals surface area contributed by atoms with Crippen LogP contribution >= 0.6 is 0 Å². The molecule has 0 heterocycles. The van der Waals surface area contributed by atoms with Crippen LogP contribution < -0.4 is 5.32 Å². The first-order valence-corrected chi connectivity index (χ1v) is 7.33. The lowest BCUT2D eigenvalue weighted by Crippen LogP contribution is -2.35. The molecule has 0 aliphatic rings. The van der Waals surface area contributed by atoms with Crippen molar-refractivity contribution in [1.29, 1.82) is 0 Å². The Balaban J connectivity index is 2.18. The van der Waals surface area contributed by atoms with Gasteiger partial charge in [0.05, 0.1) is 12.1 Å². The number of rotatable bonds is 8. The van der Waals surface area contributed by atoms with Crippen molar-refractivity contribution in [2.24, 2.45) is 0 Å². The summed E-state index contributed by atoms with van der Waals surface area (Å²) in [6, 6.07) is 19.3. The first kappa shape index (κ1) is 16.6. The maximum absolute atomic E-state index is 10.7. The van der Waals surface area contributed by atoms with Gasteiger partial charge in [-0.1, -0.05) is 60.7 Å². The van der Waals surface area contributed by atoms with Gasteiger partial charge in [-0.25, -0.2) is 0 Å². The number of hydrogen-bond acceptors (Lipinski definition) is 4. The standard InChI is InChI=1S/C18H23NO3/c1-21-16(22-2)13-19-17(14-9-5-3-6-10-14)18(20)15-11-7-4-8-12-15/h3-12,16-20H,13H2,1-2H3/t17-,18-/m1/s1. The Morgan fingerprint density at radius 2 is 1.36 bits per heavy atom. The molecule has 2 atom stereocenters. The minimum absolute atomic E-state index is 0.239. The monoisotopic (exact) mass is 301 g/mol. The Kier molecular flexibility index (Phi) is 6.55. The van der Waals surface area contributed by atoms with Gasteiger partial charge >= 0.3 is 0 Å². The van der Waals surface area contributed by atoms with E-state index in [1.807, 2.05) is 60.7 Å². The second kappa shape index (κ2) is 8.66. The van der Waals surface area contributed by atoms with Crippen molar-refractivity contribution in [2.75, 3.05) is 20.8 Å². The van der Waals surface area contributed by atoms with Crippen LogP contribution in [-0.4, -0.2) is 32.2 Å². The lowest BCUT2D eigenvalue weighted by atomic mass is 9.96. The van der Waals surface area contributed by atoms with Crippen molar-refractivity contribution in [3.8, 4) is 0 Å². The fraction of sp³-hybridized carbons (Fsp3) is 0.333. The van der Waals surface area contributed by atoms with Gasteiger partial charge in [-0.15, -0.1) is 0 Å². The molecule has 118 valence electrons. The predicted molar refractivity (Wildman–Crippen MR) is 86.4 cm³/mol. The second-order valence-corrected chi connectivity index (χ2v) is 5.05. The van der Waals surface area contributed by atoms with Gasteiger partial charge in [0.1, 0.15) is 0 Å². The van der Waals surface area contributed by atoms with E-state index in [2.05, 4.69) is 5.32 Å². The number of nitrogens with one attached hydrogen (secondary N) is 1. The van der Waals surface area contributed by atoms with Crippen LogP contribution in [0.3, 0.4) is 0 Å². The Morgan fingerprint density at radius 1 is 0.864 bits per heavy atom. The third kappa shape index (κ3) is 4.39. The van der Waals surface area contributed by atoms with E-state index in [0.29, 0.717) is 6.54 Å². The molecular formula is C18H23NO3. The Labute approximate surface area is 131 Å². The van der Waals surface area contributed by atoms with E-state index in [1.165, 1.54) is 0 Å². The van der Waals surface area contributed by atoms with E-state index in [9.17, 15) is 5.11 Å². The molecule has 0 saturated carbocycles. The summed E-state index contributed by atoms with van der Waals surface area (Å²) in [6.45, 7) is 0.483. The lowest BCUT2D eigenvalue weighted by Gasteiger charge is -2.26. The van der Waals surface area contributed by atoms with Gasteiger partial charge in [-0.05, 0) is 11.1 Å². The maximum Gasteiger partial charge on any atom is 0.169 e. The van der Waals surface area contributed by atoms with E-state index < -0.39 is 6.10 Å². The SMILES string of the molecule is COC(CN[C@H](c1ccccc1)[C@H](O)c1ccccc1)OC. The average molecular weight is 301 g/mol. The van der Waals surface area contributed by atoms with Crippen LogP contribution in [0.5, 0.6) is 0 Å². The molecule has 0 radical (unpaired) electrons. The maximum atomic E-state index is 10.7. The van der Waals surface area contributed by atoms with Crippen LogP contribution in [-0.2, 0) is 9.47 Å². The van der Waals surface area contributed by atoms with Gasteiger partial charge in [0.25, 0.3) is 0 Å². The van der Waals surface area contributed by atoms with Crippen molar-refractivity contribution in [3.63, 3.8) is 0 Å². The summed E-state index contributed by atoms with van der Waals surface area (Å²) in [7, 11) is 3.20. The summed E-state index contributed by atoms with van der Waals surface area (Å²) in [5.74, 6) is 0. The van der Waals surface area contributed by atoms with Crippen LogP contribution in [0, 0.1) is 0 Å². The molecule has 0 aliphatic carbocycles. The van der Waals surface area contributed by atoms with E-state index in [4.69, 9.17) is 9.47 Å². The summed E-state index contributed by atoms with van der Waals surface area (Å²) < 4.78 is 10.4. The van der Waals surface area contributed by atoms with Crippen molar-refractivity contribution in [1.82, 2.24) is 5.32 Å². The zero-order valence-corrected chi connectivity index (χ0v) is 13.0. The van der Waals surface area contributed by atoms with Crippen molar-refractivity contribution in [3.05, 3.63) is 71.8 Å². The van der Waals surface area contributed by atoms with Gasteiger partial charge in [0.15, 0.2) is 6.29 Å². The molecule has 0 saturated heterocycles. The minimum Gasteiger partial charge on any atom is -0.386 e. The molecule has 4 nitrogen and oxygen atoms in total. The number of aliphatic hydroxyl groups excluding tert-OH is 1. The first-order chi connectivity index (χ1) is 10.8. The molecule has 0 aromatic heterocycles. The molecule has 0 unspecified atom stereocenters. The molecular weight excluding hydrogens is 278 g/mol. The summed E-state index contributed by atoms with van der Waals surface area (Å²) in [5.41, 5.74) is 1.89. The normalized spacial score (nSPS) is 14.0. The highest BCUT2D eigenvalue weighted by atomic mass is 16.7. The van der Waals surface area contributed by atoms with Crippen LogP contribution in [0.25, 0.3) is 0 Å². The number of aliphatic hydroxyl groups is 1. The van der Waals surface area contributed by atoms with Crippen LogP contribution in [0.4, 0.5) is 0 Å². The zero-order valence-electron chi connectivity index (χ0n) is 13.0. The fourth-order valence-corrected chi connectivity index (χ4v) is 2.40. The number of benzene rings is 2. The van der Waals surface area contributed by atoms with E-state index in [1.54, 1.807) is 14.2 Å². The highest BCUT2D eigenvalue weighted by Crippen LogP contribution is 2.28.